The zero-order valence-electron chi connectivity index (χ0n) is 22.6. The average Bonchev–Trinajstić information content (AvgIpc) is 2.94. The predicted molar refractivity (Wildman–Crippen MR) is 156 cm³/mol. The monoisotopic (exact) mass is 595 g/mol. The van der Waals surface area contributed by atoms with Gasteiger partial charge in [0.25, 0.3) is 5.56 Å². The Morgan fingerprint density at radius 2 is 2.03 bits per heavy atom. The van der Waals surface area contributed by atoms with Crippen LogP contribution in [-0.2, 0) is 16.0 Å². The van der Waals surface area contributed by atoms with Crippen molar-refractivity contribution in [2.75, 3.05) is 13.7 Å². The number of halogens is 1. The molecule has 0 amide bonds. The molecule has 3 aromatic rings. The Morgan fingerprint density at radius 3 is 2.72 bits per heavy atom. The summed E-state index contributed by atoms with van der Waals surface area (Å²) in [5.41, 5.74) is 1.93. The van der Waals surface area contributed by atoms with E-state index in [1.165, 1.54) is 18.2 Å². The Hall–Kier alpha value is -3.46. The van der Waals surface area contributed by atoms with Crippen LogP contribution in [0.15, 0.2) is 57.4 Å². The van der Waals surface area contributed by atoms with E-state index in [0.717, 1.165) is 35.7 Å². The number of ether oxygens (including phenoxy) is 3. The van der Waals surface area contributed by atoms with Gasteiger partial charge in [0.1, 0.15) is 5.82 Å². The van der Waals surface area contributed by atoms with Gasteiger partial charge < -0.3 is 14.2 Å². The van der Waals surface area contributed by atoms with Gasteiger partial charge in [-0.25, -0.2) is 9.78 Å². The molecule has 1 heterocycles. The van der Waals surface area contributed by atoms with Crippen molar-refractivity contribution in [2.45, 2.75) is 64.4 Å². The molecule has 1 saturated carbocycles. The van der Waals surface area contributed by atoms with Gasteiger partial charge in [0.05, 0.1) is 30.8 Å². The highest BCUT2D eigenvalue weighted by Gasteiger charge is 2.23. The number of esters is 1. The molecule has 0 bridgehead atoms. The quantitative estimate of drug-likeness (QED) is 0.158. The number of fused-ring (bicyclic) bond motifs is 1. The maximum atomic E-state index is 13.6. The SMILES string of the molecule is C=CCc1cc(C=Nn2c(C3CCCCC3)nc3ccc(Br)cc3c2=O)cc(OC)c1O[C@H](C)C(=O)OCC. The van der Waals surface area contributed by atoms with E-state index < -0.39 is 12.1 Å². The summed E-state index contributed by atoms with van der Waals surface area (Å²) < 4.78 is 18.9. The lowest BCUT2D eigenvalue weighted by Crippen LogP contribution is -2.26. The summed E-state index contributed by atoms with van der Waals surface area (Å²) in [5, 5.41) is 5.16. The fraction of sp³-hybridized carbons (Fsp3) is 0.400. The van der Waals surface area contributed by atoms with Gasteiger partial charge in [0.15, 0.2) is 17.6 Å². The van der Waals surface area contributed by atoms with Crippen LogP contribution in [0.2, 0.25) is 0 Å². The standard InChI is InChI=1S/C30H34BrN3O5/c1-5-10-22-15-20(16-26(37-4)27(22)39-19(3)30(36)38-6-2)18-32-34-28(21-11-8-7-9-12-21)33-25-14-13-23(31)17-24(25)29(34)35/h5,13-19,21H,1,6-12H2,2-4H3/t19-/m1/s1. The van der Waals surface area contributed by atoms with Crippen LogP contribution in [0, 0.1) is 0 Å². The zero-order chi connectivity index (χ0) is 27.9. The number of carbonyl (C=O) groups is 1. The summed E-state index contributed by atoms with van der Waals surface area (Å²) in [4.78, 5) is 30.7. The van der Waals surface area contributed by atoms with Crippen molar-refractivity contribution in [1.29, 1.82) is 0 Å². The molecular weight excluding hydrogens is 562 g/mol. The third kappa shape index (κ3) is 6.58. The van der Waals surface area contributed by atoms with E-state index in [1.54, 1.807) is 38.3 Å². The predicted octanol–water partition coefficient (Wildman–Crippen LogP) is 6.16. The number of allylic oxidation sites excluding steroid dienone is 1. The number of methoxy groups -OCH3 is 1. The number of carbonyl (C=O) groups excluding carboxylic acids is 1. The van der Waals surface area contributed by atoms with Crippen LogP contribution in [0.4, 0.5) is 0 Å². The fourth-order valence-corrected chi connectivity index (χ4v) is 5.22. The van der Waals surface area contributed by atoms with Crippen LogP contribution in [0.25, 0.3) is 10.9 Å². The topological polar surface area (TPSA) is 92.0 Å². The van der Waals surface area contributed by atoms with Gasteiger partial charge in [-0.1, -0.05) is 41.3 Å². The number of hydrogen-bond donors (Lipinski definition) is 0. The van der Waals surface area contributed by atoms with E-state index in [0.29, 0.717) is 40.2 Å². The van der Waals surface area contributed by atoms with Crippen molar-refractivity contribution >= 4 is 39.0 Å². The lowest BCUT2D eigenvalue weighted by Gasteiger charge is -2.23. The number of rotatable bonds is 10. The van der Waals surface area contributed by atoms with Crippen molar-refractivity contribution in [1.82, 2.24) is 9.66 Å². The molecule has 0 unspecified atom stereocenters. The van der Waals surface area contributed by atoms with Crippen LogP contribution in [0.1, 0.15) is 68.8 Å². The number of nitrogens with zero attached hydrogens (tertiary/aromatic N) is 3. The van der Waals surface area contributed by atoms with Crippen molar-refractivity contribution in [2.24, 2.45) is 5.10 Å². The van der Waals surface area contributed by atoms with Crippen LogP contribution in [-0.4, -0.2) is 41.7 Å². The summed E-state index contributed by atoms with van der Waals surface area (Å²) in [6.45, 7) is 7.50. The highest BCUT2D eigenvalue weighted by Crippen LogP contribution is 2.35. The molecule has 9 heteroatoms. The van der Waals surface area contributed by atoms with Crippen LogP contribution in [0.3, 0.4) is 0 Å². The molecule has 39 heavy (non-hydrogen) atoms. The van der Waals surface area contributed by atoms with Crippen LogP contribution >= 0.6 is 15.9 Å². The molecule has 1 aliphatic rings. The summed E-state index contributed by atoms with van der Waals surface area (Å²) in [6, 6.07) is 9.19. The van der Waals surface area contributed by atoms with Gasteiger partial charge in [-0.2, -0.15) is 9.78 Å². The molecule has 0 spiro atoms. The molecule has 206 valence electrons. The van der Waals surface area contributed by atoms with E-state index in [-0.39, 0.29) is 18.1 Å². The van der Waals surface area contributed by atoms with E-state index in [2.05, 4.69) is 27.6 Å². The first-order valence-electron chi connectivity index (χ1n) is 13.3. The Balaban J connectivity index is 1.78. The smallest absolute Gasteiger partial charge is 0.347 e. The normalized spacial score (nSPS) is 14.9. The molecule has 0 aliphatic heterocycles. The lowest BCUT2D eigenvalue weighted by atomic mass is 9.88. The average molecular weight is 597 g/mol. The molecule has 8 nitrogen and oxygen atoms in total. The van der Waals surface area contributed by atoms with Crippen LogP contribution in [0.5, 0.6) is 11.5 Å². The number of aromatic nitrogens is 2. The molecule has 1 aliphatic carbocycles. The second-order valence-electron chi connectivity index (χ2n) is 9.54. The van der Waals surface area contributed by atoms with E-state index >= 15 is 0 Å². The maximum absolute atomic E-state index is 13.6. The van der Waals surface area contributed by atoms with Gasteiger partial charge in [-0.15, -0.1) is 6.58 Å². The van der Waals surface area contributed by atoms with Crippen molar-refractivity contribution in [3.63, 3.8) is 0 Å². The van der Waals surface area contributed by atoms with E-state index in [4.69, 9.17) is 19.2 Å². The van der Waals surface area contributed by atoms with Gasteiger partial charge in [-0.05, 0) is 69.0 Å². The summed E-state index contributed by atoms with van der Waals surface area (Å²) in [6.07, 6.45) is 8.40. The Labute approximate surface area is 236 Å². The first-order chi connectivity index (χ1) is 18.9. The van der Waals surface area contributed by atoms with Gasteiger partial charge in [-0.3, -0.25) is 4.79 Å². The second-order valence-corrected chi connectivity index (χ2v) is 10.5. The fourth-order valence-electron chi connectivity index (χ4n) is 4.86. The van der Waals surface area contributed by atoms with E-state index in [9.17, 15) is 9.59 Å². The molecule has 1 atom stereocenters. The second kappa shape index (κ2) is 13.1. The van der Waals surface area contributed by atoms with Crippen molar-refractivity contribution < 1.29 is 19.0 Å². The number of benzene rings is 2. The summed E-state index contributed by atoms with van der Waals surface area (Å²) in [7, 11) is 1.53. The maximum Gasteiger partial charge on any atom is 0.347 e. The minimum absolute atomic E-state index is 0.169. The highest BCUT2D eigenvalue weighted by atomic mass is 79.9. The molecule has 2 aromatic carbocycles. The Morgan fingerprint density at radius 1 is 1.26 bits per heavy atom. The zero-order valence-corrected chi connectivity index (χ0v) is 24.2. The molecule has 1 aromatic heterocycles. The number of hydrogen-bond acceptors (Lipinski definition) is 7. The molecule has 0 saturated heterocycles. The third-order valence-corrected chi connectivity index (χ3v) is 7.27. The molecule has 4 rings (SSSR count). The summed E-state index contributed by atoms with van der Waals surface area (Å²) >= 11 is 3.46. The Kier molecular flexibility index (Phi) is 9.56. The molecule has 1 fully saturated rings. The van der Waals surface area contributed by atoms with Crippen LogP contribution < -0.4 is 15.0 Å². The van der Waals surface area contributed by atoms with Crippen molar-refractivity contribution in [3.05, 3.63) is 74.8 Å². The first-order valence-corrected chi connectivity index (χ1v) is 14.1. The van der Waals surface area contributed by atoms with Gasteiger partial charge in [0.2, 0.25) is 0 Å². The van der Waals surface area contributed by atoms with Gasteiger partial charge >= 0.3 is 5.97 Å². The highest BCUT2D eigenvalue weighted by molar-refractivity contribution is 9.10. The van der Waals surface area contributed by atoms with E-state index in [1.807, 2.05) is 18.2 Å². The first kappa shape index (κ1) is 28.5. The Bertz CT molecular complexity index is 1440. The van der Waals surface area contributed by atoms with Crippen molar-refractivity contribution in [3.8, 4) is 11.5 Å². The lowest BCUT2D eigenvalue weighted by molar-refractivity contribution is -0.150. The molecule has 0 N–H and O–H groups in total. The van der Waals surface area contributed by atoms with Gasteiger partial charge in [0, 0.05) is 16.0 Å². The summed E-state index contributed by atoms with van der Waals surface area (Å²) in [5.74, 6) is 1.27. The molecule has 0 radical (unpaired) electrons. The minimum Gasteiger partial charge on any atom is -0.493 e. The minimum atomic E-state index is -0.818. The molecular formula is C30H34BrN3O5. The third-order valence-electron chi connectivity index (χ3n) is 6.78. The largest absolute Gasteiger partial charge is 0.493 e.